The lowest BCUT2D eigenvalue weighted by Gasteiger charge is -2.39. The molecule has 20 heavy (non-hydrogen) atoms. The first-order valence-electron chi connectivity index (χ1n) is 8.40. The first-order valence-corrected chi connectivity index (χ1v) is 8.40. The van der Waals surface area contributed by atoms with E-state index in [1.54, 1.807) is 0 Å². The van der Waals surface area contributed by atoms with Crippen molar-refractivity contribution in [3.05, 3.63) is 0 Å². The molecule has 2 fully saturated rings. The van der Waals surface area contributed by atoms with E-state index in [2.05, 4.69) is 44.8 Å². The fraction of sp³-hybridized carbons (Fsp3) is 1.00. The van der Waals surface area contributed by atoms with Crippen LogP contribution in [0.5, 0.6) is 0 Å². The highest BCUT2D eigenvalue weighted by atomic mass is 15.2. The minimum absolute atomic E-state index is 0. The van der Waals surface area contributed by atoms with Gasteiger partial charge in [-0.1, -0.05) is 55.9 Å². The maximum atomic E-state index is 3.38. The minimum atomic E-state index is 0. The number of rotatable bonds is 1. The molecule has 2 heterocycles. The van der Waals surface area contributed by atoms with Crippen molar-refractivity contribution in [1.29, 1.82) is 0 Å². The zero-order valence-corrected chi connectivity index (χ0v) is 15.1. The van der Waals surface area contributed by atoms with Gasteiger partial charge in [0.15, 0.2) is 0 Å². The molecule has 126 valence electrons. The Balaban J connectivity index is -0.000000277. The van der Waals surface area contributed by atoms with Crippen molar-refractivity contribution in [2.45, 2.75) is 82.2 Å². The van der Waals surface area contributed by atoms with Crippen LogP contribution in [-0.2, 0) is 0 Å². The van der Waals surface area contributed by atoms with Crippen LogP contribution in [0, 0.1) is 11.3 Å². The van der Waals surface area contributed by atoms with Crippen molar-refractivity contribution >= 4 is 0 Å². The summed E-state index contributed by atoms with van der Waals surface area (Å²) in [5.41, 5.74) is 0.685. The normalized spacial score (nSPS) is 18.8. The van der Waals surface area contributed by atoms with Gasteiger partial charge in [0.2, 0.25) is 0 Å². The average Bonchev–Trinajstić information content (AvgIpc) is 2.79. The van der Waals surface area contributed by atoms with Crippen LogP contribution in [0.3, 0.4) is 0 Å². The Morgan fingerprint density at radius 3 is 1.45 bits per heavy atom. The molecule has 2 aliphatic heterocycles. The molecular weight excluding hydrogens is 244 g/mol. The Labute approximate surface area is 130 Å². The maximum absolute atomic E-state index is 3.38. The fourth-order valence-corrected chi connectivity index (χ4v) is 2.18. The maximum Gasteiger partial charge on any atom is 0.00920 e. The van der Waals surface area contributed by atoms with Crippen molar-refractivity contribution in [3.8, 4) is 0 Å². The summed E-state index contributed by atoms with van der Waals surface area (Å²) < 4.78 is 0. The van der Waals surface area contributed by atoms with E-state index in [1.165, 1.54) is 32.6 Å². The summed E-state index contributed by atoms with van der Waals surface area (Å²) >= 11 is 0. The number of nitrogens with zero attached hydrogens (tertiary/aromatic N) is 1. The molecule has 2 nitrogen and oxygen atoms in total. The molecule has 0 saturated carbocycles. The first kappa shape index (κ1) is 24.9. The van der Waals surface area contributed by atoms with Gasteiger partial charge in [-0.25, -0.2) is 0 Å². The molecule has 0 radical (unpaired) electrons. The third-order valence-electron chi connectivity index (χ3n) is 3.20. The van der Waals surface area contributed by atoms with Gasteiger partial charge in [0, 0.05) is 31.1 Å². The second-order valence-electron chi connectivity index (χ2n) is 6.15. The van der Waals surface area contributed by atoms with Gasteiger partial charge in [-0.05, 0) is 32.7 Å². The predicted molar refractivity (Wildman–Crippen MR) is 96.6 cm³/mol. The summed E-state index contributed by atoms with van der Waals surface area (Å²) in [6.07, 6.45) is 1.41. The highest BCUT2D eigenvalue weighted by Crippen LogP contribution is 2.34. The van der Waals surface area contributed by atoms with Gasteiger partial charge in [0.25, 0.3) is 0 Å². The van der Waals surface area contributed by atoms with Gasteiger partial charge in [0.1, 0.15) is 0 Å². The zero-order valence-electron chi connectivity index (χ0n) is 15.1. The molecule has 2 heteroatoms. The first-order chi connectivity index (χ1) is 8.95. The van der Waals surface area contributed by atoms with Crippen molar-refractivity contribution in [3.63, 3.8) is 0 Å². The van der Waals surface area contributed by atoms with Crippen LogP contribution < -0.4 is 5.32 Å². The standard InChI is InChI=1S/C9H18N2.C4H10.2C2H6.CH4/c1-8(2)11-4-3-9(7-11)5-10-6-9;1-4(2)3;2*1-2;/h8,10H,3-7H2,1-2H3;4H,1-3H3;2*1-2H3;1H4. The average molecular weight is 289 g/mol. The van der Waals surface area contributed by atoms with Gasteiger partial charge in [-0.2, -0.15) is 0 Å². The fourth-order valence-electron chi connectivity index (χ4n) is 2.18. The molecule has 2 saturated heterocycles. The molecule has 0 amide bonds. The second kappa shape index (κ2) is 13.9. The lowest BCUT2D eigenvalue weighted by atomic mass is 9.81. The van der Waals surface area contributed by atoms with Crippen molar-refractivity contribution in [1.82, 2.24) is 10.2 Å². The molecule has 2 aliphatic rings. The van der Waals surface area contributed by atoms with Gasteiger partial charge in [0.05, 0.1) is 0 Å². The van der Waals surface area contributed by atoms with Crippen molar-refractivity contribution < 1.29 is 0 Å². The van der Waals surface area contributed by atoms with Crippen molar-refractivity contribution in [2.24, 2.45) is 11.3 Å². The number of likely N-dealkylation sites (tertiary alicyclic amines) is 1. The van der Waals surface area contributed by atoms with Crippen LogP contribution in [-0.4, -0.2) is 37.1 Å². The Bertz CT molecular complexity index is 181. The molecular formula is C18H44N2. The Morgan fingerprint density at radius 1 is 0.900 bits per heavy atom. The highest BCUT2D eigenvalue weighted by Gasteiger charge is 2.43. The van der Waals surface area contributed by atoms with Crippen LogP contribution in [0.25, 0.3) is 0 Å². The second-order valence-corrected chi connectivity index (χ2v) is 6.15. The molecule has 1 spiro atoms. The van der Waals surface area contributed by atoms with E-state index in [-0.39, 0.29) is 7.43 Å². The van der Waals surface area contributed by atoms with E-state index in [0.29, 0.717) is 5.41 Å². The highest BCUT2D eigenvalue weighted by molar-refractivity contribution is 4.99. The van der Waals surface area contributed by atoms with E-state index in [0.717, 1.165) is 12.0 Å². The van der Waals surface area contributed by atoms with Crippen molar-refractivity contribution in [2.75, 3.05) is 26.2 Å². The molecule has 0 bridgehead atoms. The summed E-state index contributed by atoms with van der Waals surface area (Å²) in [6, 6.07) is 0.745. The van der Waals surface area contributed by atoms with Crippen LogP contribution in [0.2, 0.25) is 0 Å². The molecule has 0 aromatic carbocycles. The molecule has 0 aliphatic carbocycles. The van der Waals surface area contributed by atoms with Crippen LogP contribution >= 0.6 is 0 Å². The van der Waals surface area contributed by atoms with Crippen LogP contribution in [0.1, 0.15) is 76.2 Å². The SMILES string of the molecule is C.CC.CC.CC(C)C.CC(C)N1CCC2(CNC2)C1. The van der Waals surface area contributed by atoms with E-state index >= 15 is 0 Å². The Kier molecular flexibility index (Phi) is 17.3. The quantitative estimate of drug-likeness (QED) is 0.727. The third-order valence-corrected chi connectivity index (χ3v) is 3.20. The molecule has 0 aromatic heterocycles. The van der Waals surface area contributed by atoms with E-state index in [1.807, 2.05) is 27.7 Å². The lowest BCUT2D eigenvalue weighted by molar-refractivity contribution is 0.157. The van der Waals surface area contributed by atoms with Gasteiger partial charge >= 0.3 is 0 Å². The lowest BCUT2D eigenvalue weighted by Crippen LogP contribution is -2.55. The smallest absolute Gasteiger partial charge is 0.00920 e. The monoisotopic (exact) mass is 288 g/mol. The summed E-state index contributed by atoms with van der Waals surface area (Å²) in [4.78, 5) is 2.60. The molecule has 0 aromatic rings. The summed E-state index contributed by atoms with van der Waals surface area (Å²) in [6.45, 7) is 24.3. The Hall–Kier alpha value is -0.0800. The Morgan fingerprint density at radius 2 is 1.30 bits per heavy atom. The summed E-state index contributed by atoms with van der Waals surface area (Å²) in [5.74, 6) is 0.833. The predicted octanol–water partition coefficient (Wildman–Crippen LogP) is 5.04. The minimum Gasteiger partial charge on any atom is -0.315 e. The van der Waals surface area contributed by atoms with E-state index < -0.39 is 0 Å². The van der Waals surface area contributed by atoms with Gasteiger partial charge in [-0.15, -0.1) is 0 Å². The van der Waals surface area contributed by atoms with E-state index in [9.17, 15) is 0 Å². The third kappa shape index (κ3) is 9.77. The topological polar surface area (TPSA) is 15.3 Å². The van der Waals surface area contributed by atoms with Gasteiger partial charge < -0.3 is 10.2 Å². The van der Waals surface area contributed by atoms with Gasteiger partial charge in [-0.3, -0.25) is 0 Å². The largest absolute Gasteiger partial charge is 0.315 e. The molecule has 0 unspecified atom stereocenters. The zero-order chi connectivity index (χ0) is 15.5. The summed E-state index contributed by atoms with van der Waals surface area (Å²) in [7, 11) is 0. The molecule has 0 atom stereocenters. The van der Waals surface area contributed by atoms with Crippen LogP contribution in [0.4, 0.5) is 0 Å². The number of nitrogens with one attached hydrogen (secondary N) is 1. The number of hydrogen-bond donors (Lipinski definition) is 1. The summed E-state index contributed by atoms with van der Waals surface area (Å²) in [5, 5.41) is 3.38. The van der Waals surface area contributed by atoms with Crippen LogP contribution in [0.15, 0.2) is 0 Å². The number of hydrogen-bond acceptors (Lipinski definition) is 2. The van der Waals surface area contributed by atoms with E-state index in [4.69, 9.17) is 0 Å². The molecule has 2 rings (SSSR count). The molecule has 1 N–H and O–H groups in total.